The van der Waals surface area contributed by atoms with Crippen molar-refractivity contribution in [3.8, 4) is 0 Å². The molecule has 7 heteroatoms. The van der Waals surface area contributed by atoms with Crippen LogP contribution in [0.3, 0.4) is 0 Å². The number of likely N-dealkylation sites (tertiary alicyclic amines) is 1. The average molecular weight is 337 g/mol. The first-order chi connectivity index (χ1) is 9.78. The van der Waals surface area contributed by atoms with Crippen LogP contribution in [0.4, 0.5) is 13.2 Å². The highest BCUT2D eigenvalue weighted by Gasteiger charge is 2.45. The van der Waals surface area contributed by atoms with E-state index in [1.54, 1.807) is 0 Å². The van der Waals surface area contributed by atoms with Crippen molar-refractivity contribution < 1.29 is 18.0 Å². The zero-order valence-electron chi connectivity index (χ0n) is 12.3. The lowest BCUT2D eigenvalue weighted by atomic mass is 9.86. The highest BCUT2D eigenvalue weighted by molar-refractivity contribution is 5.85. The Kier molecular flexibility index (Phi) is 5.87. The summed E-state index contributed by atoms with van der Waals surface area (Å²) in [5.74, 6) is -5.50. The summed E-state index contributed by atoms with van der Waals surface area (Å²) in [5.41, 5.74) is 5.23. The van der Waals surface area contributed by atoms with Gasteiger partial charge < -0.3 is 10.6 Å². The first-order valence-electron chi connectivity index (χ1n) is 7.00. The van der Waals surface area contributed by atoms with Gasteiger partial charge in [0.15, 0.2) is 0 Å². The lowest BCUT2D eigenvalue weighted by Gasteiger charge is -2.39. The van der Waals surface area contributed by atoms with E-state index >= 15 is 0 Å². The van der Waals surface area contributed by atoms with Gasteiger partial charge in [-0.3, -0.25) is 4.79 Å². The van der Waals surface area contributed by atoms with Gasteiger partial charge in [-0.1, -0.05) is 6.92 Å². The van der Waals surface area contributed by atoms with Crippen LogP contribution in [0.1, 0.15) is 31.7 Å². The first-order valence-corrected chi connectivity index (χ1v) is 7.00. The van der Waals surface area contributed by atoms with Gasteiger partial charge in [0.2, 0.25) is 0 Å². The number of rotatable bonds is 3. The smallest absolute Gasteiger partial charge is 0.337 e. The molecule has 0 atom stereocenters. The SMILES string of the molecule is CCC1(N)CCN(C(=O)C(F)(F)c2ccc(F)cc2)CC1.Cl. The van der Waals surface area contributed by atoms with Crippen molar-refractivity contribution in [3.63, 3.8) is 0 Å². The largest absolute Gasteiger partial charge is 0.349 e. The fourth-order valence-electron chi connectivity index (χ4n) is 2.49. The molecule has 124 valence electrons. The molecule has 3 nitrogen and oxygen atoms in total. The molecule has 1 aromatic carbocycles. The van der Waals surface area contributed by atoms with E-state index in [2.05, 4.69) is 0 Å². The Balaban J connectivity index is 0.00000242. The Morgan fingerprint density at radius 2 is 1.77 bits per heavy atom. The molecule has 0 unspecified atom stereocenters. The summed E-state index contributed by atoms with van der Waals surface area (Å²) in [5, 5.41) is 0. The van der Waals surface area contributed by atoms with Crippen molar-refractivity contribution in [2.75, 3.05) is 13.1 Å². The van der Waals surface area contributed by atoms with Gasteiger partial charge in [0.25, 0.3) is 5.91 Å². The highest BCUT2D eigenvalue weighted by atomic mass is 35.5. The molecule has 2 rings (SSSR count). The summed E-state index contributed by atoms with van der Waals surface area (Å²) in [7, 11) is 0. The molecule has 0 radical (unpaired) electrons. The number of piperidine rings is 1. The summed E-state index contributed by atoms with van der Waals surface area (Å²) in [4.78, 5) is 13.2. The van der Waals surface area contributed by atoms with E-state index in [0.717, 1.165) is 35.6 Å². The number of nitrogens with two attached hydrogens (primary N) is 1. The number of carbonyl (C=O) groups excluding carboxylic acids is 1. The third-order valence-electron chi connectivity index (χ3n) is 4.23. The van der Waals surface area contributed by atoms with Crippen LogP contribution in [-0.2, 0) is 10.7 Å². The molecule has 1 fully saturated rings. The predicted octanol–water partition coefficient (Wildman–Crippen LogP) is 3.07. The minimum atomic E-state index is -3.64. The van der Waals surface area contributed by atoms with Crippen molar-refractivity contribution in [2.24, 2.45) is 5.73 Å². The molecule has 22 heavy (non-hydrogen) atoms. The van der Waals surface area contributed by atoms with E-state index in [-0.39, 0.29) is 31.0 Å². The molecule has 0 aliphatic carbocycles. The van der Waals surface area contributed by atoms with Gasteiger partial charge in [-0.15, -0.1) is 12.4 Å². The third kappa shape index (κ3) is 3.73. The van der Waals surface area contributed by atoms with E-state index in [9.17, 15) is 18.0 Å². The highest BCUT2D eigenvalue weighted by Crippen LogP contribution is 2.32. The Labute approximate surface area is 134 Å². The molecule has 1 amide bonds. The zero-order valence-corrected chi connectivity index (χ0v) is 13.1. The zero-order chi connectivity index (χ0) is 15.7. The monoisotopic (exact) mass is 336 g/mol. The molecule has 1 heterocycles. The van der Waals surface area contributed by atoms with Crippen LogP contribution < -0.4 is 5.73 Å². The maximum atomic E-state index is 14.2. The molecule has 1 aliphatic rings. The number of nitrogens with zero attached hydrogens (tertiary/aromatic N) is 1. The van der Waals surface area contributed by atoms with Gasteiger partial charge >= 0.3 is 5.92 Å². The first kappa shape index (κ1) is 18.8. The maximum Gasteiger partial charge on any atom is 0.349 e. The fourth-order valence-corrected chi connectivity index (χ4v) is 2.49. The number of alkyl halides is 2. The Hall–Kier alpha value is -1.27. The van der Waals surface area contributed by atoms with Crippen molar-refractivity contribution in [1.29, 1.82) is 0 Å². The number of hydrogen-bond acceptors (Lipinski definition) is 2. The molecule has 1 saturated heterocycles. The molecule has 0 spiro atoms. The quantitative estimate of drug-likeness (QED) is 0.922. The van der Waals surface area contributed by atoms with Gasteiger partial charge in [0, 0.05) is 24.2 Å². The second kappa shape index (κ2) is 6.87. The van der Waals surface area contributed by atoms with Gasteiger partial charge in [-0.25, -0.2) is 4.39 Å². The molecule has 1 aromatic rings. The second-order valence-corrected chi connectivity index (χ2v) is 5.59. The molecular weight excluding hydrogens is 317 g/mol. The summed E-state index contributed by atoms with van der Waals surface area (Å²) in [6.07, 6.45) is 1.77. The van der Waals surface area contributed by atoms with E-state index in [4.69, 9.17) is 5.73 Å². The summed E-state index contributed by atoms with van der Waals surface area (Å²) in [6.45, 7) is 2.39. The minimum absolute atomic E-state index is 0. The van der Waals surface area contributed by atoms with Crippen LogP contribution in [0.2, 0.25) is 0 Å². The van der Waals surface area contributed by atoms with Crippen molar-refractivity contribution >= 4 is 18.3 Å². The van der Waals surface area contributed by atoms with Gasteiger partial charge in [-0.2, -0.15) is 8.78 Å². The van der Waals surface area contributed by atoms with E-state index in [1.807, 2.05) is 6.92 Å². The lowest BCUT2D eigenvalue weighted by molar-refractivity contribution is -0.160. The fraction of sp³-hybridized carbons (Fsp3) is 0.533. The number of halogens is 4. The third-order valence-corrected chi connectivity index (χ3v) is 4.23. The summed E-state index contributed by atoms with van der Waals surface area (Å²) < 4.78 is 41.2. The van der Waals surface area contributed by atoms with Crippen LogP contribution >= 0.6 is 12.4 Å². The summed E-state index contributed by atoms with van der Waals surface area (Å²) in [6, 6.07) is 3.73. The normalized spacial score (nSPS) is 17.8. The van der Waals surface area contributed by atoms with Crippen molar-refractivity contribution in [3.05, 3.63) is 35.6 Å². The Morgan fingerprint density at radius 3 is 2.23 bits per heavy atom. The van der Waals surface area contributed by atoms with Crippen LogP contribution in [0.15, 0.2) is 24.3 Å². The number of hydrogen-bond donors (Lipinski definition) is 1. The average Bonchev–Trinajstić information content (AvgIpc) is 2.48. The molecule has 1 aliphatic heterocycles. The standard InChI is InChI=1S/C15H19F3N2O.ClH/c1-2-14(19)7-9-20(10-8-14)13(21)15(17,18)11-3-5-12(16)6-4-11;/h3-6H,2,7-10,19H2,1H3;1H. The predicted molar refractivity (Wildman–Crippen MR) is 80.6 cm³/mol. The van der Waals surface area contributed by atoms with Crippen LogP contribution in [-0.4, -0.2) is 29.4 Å². The van der Waals surface area contributed by atoms with E-state index < -0.39 is 23.2 Å². The van der Waals surface area contributed by atoms with Crippen molar-refractivity contribution in [2.45, 2.75) is 37.6 Å². The van der Waals surface area contributed by atoms with Crippen LogP contribution in [0.25, 0.3) is 0 Å². The minimum Gasteiger partial charge on any atom is -0.337 e. The van der Waals surface area contributed by atoms with Crippen LogP contribution in [0, 0.1) is 5.82 Å². The van der Waals surface area contributed by atoms with Gasteiger partial charge in [0.1, 0.15) is 5.82 Å². The second-order valence-electron chi connectivity index (χ2n) is 5.59. The Bertz CT molecular complexity index is 514. The number of benzene rings is 1. The molecule has 0 bridgehead atoms. The van der Waals surface area contributed by atoms with Gasteiger partial charge in [0.05, 0.1) is 0 Å². The molecule has 0 saturated carbocycles. The van der Waals surface area contributed by atoms with E-state index in [1.165, 1.54) is 0 Å². The van der Waals surface area contributed by atoms with Crippen LogP contribution in [0.5, 0.6) is 0 Å². The topological polar surface area (TPSA) is 46.3 Å². The van der Waals surface area contributed by atoms with Crippen molar-refractivity contribution in [1.82, 2.24) is 4.90 Å². The number of carbonyl (C=O) groups is 1. The van der Waals surface area contributed by atoms with Gasteiger partial charge in [-0.05, 0) is 43.5 Å². The van der Waals surface area contributed by atoms with E-state index in [0.29, 0.717) is 12.8 Å². The molecule has 0 aromatic heterocycles. The lowest BCUT2D eigenvalue weighted by Crippen LogP contribution is -2.54. The Morgan fingerprint density at radius 1 is 1.27 bits per heavy atom. The maximum absolute atomic E-state index is 14.2. The molecule has 2 N–H and O–H groups in total. The molecular formula is C15H20ClF3N2O. The number of amides is 1. The summed E-state index contributed by atoms with van der Waals surface area (Å²) >= 11 is 0.